The van der Waals surface area contributed by atoms with Crippen molar-refractivity contribution < 1.29 is 14.4 Å². The molecule has 1 aromatic carbocycles. The predicted octanol–water partition coefficient (Wildman–Crippen LogP) is 5.57. The lowest BCUT2D eigenvalue weighted by atomic mass is 9.80. The number of nitrogens with zero attached hydrogens (tertiary/aromatic N) is 1. The minimum atomic E-state index is -0.247. The van der Waals surface area contributed by atoms with E-state index in [-0.39, 0.29) is 23.7 Å². The number of hydrogen-bond donors (Lipinski definition) is 1. The molecule has 1 aliphatic heterocycles. The summed E-state index contributed by atoms with van der Waals surface area (Å²) in [7, 11) is 0. The summed E-state index contributed by atoms with van der Waals surface area (Å²) in [4.78, 5) is 36.4. The third kappa shape index (κ3) is 8.11. The normalized spacial score (nSPS) is 18.0. The van der Waals surface area contributed by atoms with Gasteiger partial charge in [0.25, 0.3) is 0 Å². The van der Waals surface area contributed by atoms with Crippen LogP contribution in [0, 0.1) is 18.8 Å². The molecule has 1 N–H and O–H groups in total. The van der Waals surface area contributed by atoms with Crippen molar-refractivity contribution in [1.29, 1.82) is 0 Å². The maximum absolute atomic E-state index is 12.1. The SMILES string of the molecule is C=C(CC)C(=O)N1CCC(c2cccc(C)c2)CC1.CC(C)C(=O)C(NC=O)C1CCCCC1. The van der Waals surface area contributed by atoms with Crippen molar-refractivity contribution in [1.82, 2.24) is 10.2 Å². The fourth-order valence-electron chi connectivity index (χ4n) is 5.07. The second kappa shape index (κ2) is 14.1. The standard InChI is InChI=1S/C17H23NO.C12H21NO2/c1-4-14(3)17(19)18-10-8-15(9-11-18)16-7-5-6-13(2)12-16;1-9(2)12(15)11(13-8-14)10-6-4-3-5-7-10/h5-7,12,15H,3-4,8-11H2,1-2H3;8-11H,3-7H2,1-2H3,(H,13,14). The molecule has 34 heavy (non-hydrogen) atoms. The minimum Gasteiger partial charge on any atom is -0.349 e. The van der Waals surface area contributed by atoms with Gasteiger partial charge in [-0.3, -0.25) is 14.4 Å². The van der Waals surface area contributed by atoms with Crippen LogP contribution in [-0.2, 0) is 14.4 Å². The van der Waals surface area contributed by atoms with Crippen LogP contribution >= 0.6 is 0 Å². The predicted molar refractivity (Wildman–Crippen MR) is 139 cm³/mol. The Morgan fingerprint density at radius 2 is 1.76 bits per heavy atom. The highest BCUT2D eigenvalue weighted by molar-refractivity contribution is 5.92. The smallest absolute Gasteiger partial charge is 0.249 e. The Bertz CT molecular complexity index is 818. The van der Waals surface area contributed by atoms with E-state index in [1.54, 1.807) is 0 Å². The first-order valence-corrected chi connectivity index (χ1v) is 13.0. The molecule has 3 rings (SSSR count). The van der Waals surface area contributed by atoms with Crippen LogP contribution in [0.15, 0.2) is 36.4 Å². The van der Waals surface area contributed by atoms with Gasteiger partial charge in [0.2, 0.25) is 12.3 Å². The minimum absolute atomic E-state index is 0.00405. The molecule has 1 atom stereocenters. The first-order valence-electron chi connectivity index (χ1n) is 13.0. The molecule has 1 unspecified atom stereocenters. The van der Waals surface area contributed by atoms with Crippen LogP contribution in [0.1, 0.15) is 89.2 Å². The van der Waals surface area contributed by atoms with Crippen LogP contribution in [0.5, 0.6) is 0 Å². The van der Waals surface area contributed by atoms with Crippen molar-refractivity contribution in [2.75, 3.05) is 13.1 Å². The molecule has 5 nitrogen and oxygen atoms in total. The number of carbonyl (C=O) groups is 3. The summed E-state index contributed by atoms with van der Waals surface area (Å²) < 4.78 is 0. The van der Waals surface area contributed by atoms with Gasteiger partial charge in [-0.1, -0.05) is 76.4 Å². The zero-order valence-electron chi connectivity index (χ0n) is 21.6. The summed E-state index contributed by atoms with van der Waals surface area (Å²) in [6.45, 7) is 13.5. The first-order chi connectivity index (χ1) is 16.3. The summed E-state index contributed by atoms with van der Waals surface area (Å²) >= 11 is 0. The van der Waals surface area contributed by atoms with Gasteiger partial charge in [-0.15, -0.1) is 0 Å². The van der Waals surface area contributed by atoms with Gasteiger partial charge in [-0.25, -0.2) is 0 Å². The Kier molecular flexibility index (Phi) is 11.5. The van der Waals surface area contributed by atoms with E-state index >= 15 is 0 Å². The highest BCUT2D eigenvalue weighted by Crippen LogP contribution is 2.29. The molecular weight excluding hydrogens is 424 g/mol. The maximum Gasteiger partial charge on any atom is 0.249 e. The van der Waals surface area contributed by atoms with E-state index in [0.717, 1.165) is 50.8 Å². The van der Waals surface area contributed by atoms with Crippen molar-refractivity contribution in [2.24, 2.45) is 11.8 Å². The third-order valence-electron chi connectivity index (χ3n) is 7.27. The van der Waals surface area contributed by atoms with E-state index in [1.165, 1.54) is 30.4 Å². The second-order valence-corrected chi connectivity index (χ2v) is 10.2. The van der Waals surface area contributed by atoms with Crippen LogP contribution in [0.3, 0.4) is 0 Å². The largest absolute Gasteiger partial charge is 0.349 e. The van der Waals surface area contributed by atoms with Gasteiger partial charge >= 0.3 is 0 Å². The lowest BCUT2D eigenvalue weighted by molar-refractivity contribution is -0.128. The number of nitrogens with one attached hydrogen (secondary N) is 1. The van der Waals surface area contributed by atoms with E-state index in [2.05, 4.69) is 43.1 Å². The topological polar surface area (TPSA) is 66.5 Å². The van der Waals surface area contributed by atoms with Crippen LogP contribution in [0.2, 0.25) is 0 Å². The highest BCUT2D eigenvalue weighted by Gasteiger charge is 2.30. The van der Waals surface area contributed by atoms with Crippen LogP contribution in [-0.4, -0.2) is 42.1 Å². The number of likely N-dealkylation sites (tertiary alicyclic amines) is 1. The Labute approximate surface area is 206 Å². The molecule has 0 aromatic heterocycles. The molecule has 1 aromatic rings. The Balaban J connectivity index is 0.000000248. The fourth-order valence-corrected chi connectivity index (χ4v) is 5.07. The van der Waals surface area contributed by atoms with Crippen LogP contribution in [0.4, 0.5) is 0 Å². The molecule has 5 heteroatoms. The molecule has 1 aliphatic carbocycles. The average molecular weight is 469 g/mol. The number of hydrogen-bond acceptors (Lipinski definition) is 3. The third-order valence-corrected chi connectivity index (χ3v) is 7.27. The number of ketones is 1. The molecule has 2 amide bonds. The zero-order chi connectivity index (χ0) is 25.1. The number of benzene rings is 1. The maximum atomic E-state index is 12.1. The van der Waals surface area contributed by atoms with E-state index < -0.39 is 0 Å². The lowest BCUT2D eigenvalue weighted by Crippen LogP contribution is -2.44. The van der Waals surface area contributed by atoms with Gasteiger partial charge in [0.05, 0.1) is 6.04 Å². The second-order valence-electron chi connectivity index (χ2n) is 10.2. The summed E-state index contributed by atoms with van der Waals surface area (Å²) in [5.41, 5.74) is 3.46. The molecule has 188 valence electrons. The van der Waals surface area contributed by atoms with Gasteiger partial charge in [0, 0.05) is 24.6 Å². The highest BCUT2D eigenvalue weighted by atomic mass is 16.2. The van der Waals surface area contributed by atoms with E-state index in [4.69, 9.17) is 0 Å². The monoisotopic (exact) mass is 468 g/mol. The average Bonchev–Trinajstić information content (AvgIpc) is 2.87. The number of amides is 2. The van der Waals surface area contributed by atoms with Crippen molar-refractivity contribution >= 4 is 18.1 Å². The Morgan fingerprint density at radius 1 is 1.12 bits per heavy atom. The Hall–Kier alpha value is -2.43. The molecule has 1 heterocycles. The molecule has 0 radical (unpaired) electrons. The van der Waals surface area contributed by atoms with Crippen molar-refractivity contribution in [2.45, 2.75) is 91.0 Å². The number of rotatable bonds is 8. The number of aryl methyl sites for hydroxylation is 1. The first kappa shape index (κ1) is 27.8. The number of carbonyl (C=O) groups excluding carboxylic acids is 3. The van der Waals surface area contributed by atoms with Crippen molar-refractivity contribution in [3.63, 3.8) is 0 Å². The van der Waals surface area contributed by atoms with Crippen LogP contribution < -0.4 is 5.32 Å². The van der Waals surface area contributed by atoms with Crippen molar-refractivity contribution in [3.05, 3.63) is 47.5 Å². The van der Waals surface area contributed by atoms with Gasteiger partial charge < -0.3 is 10.2 Å². The van der Waals surface area contributed by atoms with Gasteiger partial charge in [-0.05, 0) is 56.4 Å². The molecule has 1 saturated heterocycles. The number of piperidine rings is 1. The fraction of sp³-hybridized carbons (Fsp3) is 0.621. The van der Waals surface area contributed by atoms with Crippen molar-refractivity contribution in [3.8, 4) is 0 Å². The molecule has 1 saturated carbocycles. The van der Waals surface area contributed by atoms with Gasteiger partial charge in [0.15, 0.2) is 5.78 Å². The molecule has 0 bridgehead atoms. The quantitative estimate of drug-likeness (QED) is 0.400. The molecule has 2 fully saturated rings. The van der Waals surface area contributed by atoms with Crippen LogP contribution in [0.25, 0.3) is 0 Å². The number of Topliss-reactive ketones (excluding diaryl/α,β-unsaturated/α-hetero) is 1. The van der Waals surface area contributed by atoms with Gasteiger partial charge in [-0.2, -0.15) is 0 Å². The van der Waals surface area contributed by atoms with E-state index in [0.29, 0.717) is 18.2 Å². The lowest BCUT2D eigenvalue weighted by Gasteiger charge is -2.32. The summed E-state index contributed by atoms with van der Waals surface area (Å²) in [5, 5.41) is 2.70. The molecule has 2 aliphatic rings. The summed E-state index contributed by atoms with van der Waals surface area (Å²) in [6.07, 6.45) is 9.32. The van der Waals surface area contributed by atoms with E-state index in [1.807, 2.05) is 25.7 Å². The summed E-state index contributed by atoms with van der Waals surface area (Å²) in [5.74, 6) is 1.28. The van der Waals surface area contributed by atoms with E-state index in [9.17, 15) is 14.4 Å². The zero-order valence-corrected chi connectivity index (χ0v) is 21.6. The van der Waals surface area contributed by atoms with Gasteiger partial charge in [0.1, 0.15) is 0 Å². The Morgan fingerprint density at radius 3 is 2.29 bits per heavy atom. The molecular formula is C29H44N2O3. The molecule has 0 spiro atoms. The summed E-state index contributed by atoms with van der Waals surface area (Å²) in [6, 6.07) is 8.49.